The Hall–Kier alpha value is -0.513. The van der Waals surface area contributed by atoms with Crippen molar-refractivity contribution in [1.82, 2.24) is 4.90 Å². The van der Waals surface area contributed by atoms with Gasteiger partial charge in [0.2, 0.25) is 0 Å². The van der Waals surface area contributed by atoms with E-state index in [4.69, 9.17) is 4.74 Å². The van der Waals surface area contributed by atoms with Gasteiger partial charge >= 0.3 is 6.09 Å². The second kappa shape index (κ2) is 2.85. The molecule has 0 aromatic rings. The molecule has 0 saturated carbocycles. The van der Waals surface area contributed by atoms with Crippen LogP contribution in [0.15, 0.2) is 0 Å². The van der Waals surface area contributed by atoms with E-state index in [9.17, 15) is 4.79 Å². The Balaban J connectivity index is 2.43. The topological polar surface area (TPSA) is 29.5 Å². The number of carbonyl (C=O) groups is 1. The zero-order valence-electron chi connectivity index (χ0n) is 7.39. The molecule has 64 valence electrons. The summed E-state index contributed by atoms with van der Waals surface area (Å²) in [7, 11) is -1.14. The lowest BCUT2D eigenvalue weighted by Crippen LogP contribution is -2.40. The van der Waals surface area contributed by atoms with E-state index >= 15 is 0 Å². The molecule has 1 aliphatic heterocycles. The van der Waals surface area contributed by atoms with Crippen LogP contribution >= 0.6 is 0 Å². The van der Waals surface area contributed by atoms with Gasteiger partial charge in [0.1, 0.15) is 6.61 Å². The van der Waals surface area contributed by atoms with Crippen LogP contribution in [0.25, 0.3) is 0 Å². The van der Waals surface area contributed by atoms with Gasteiger partial charge < -0.3 is 9.64 Å². The first-order valence-electron chi connectivity index (χ1n) is 3.91. The van der Waals surface area contributed by atoms with Crippen LogP contribution in [0.4, 0.5) is 4.79 Å². The minimum absolute atomic E-state index is 0.132. The van der Waals surface area contributed by atoms with E-state index in [0.29, 0.717) is 6.61 Å². The zero-order valence-corrected chi connectivity index (χ0v) is 8.39. The molecule has 1 rings (SSSR count). The number of hydrogen-bond donors (Lipinski definition) is 0. The summed E-state index contributed by atoms with van der Waals surface area (Å²) in [5.74, 6) is 0. The summed E-state index contributed by atoms with van der Waals surface area (Å²) in [6.45, 7) is 8.10. The van der Waals surface area contributed by atoms with Crippen molar-refractivity contribution >= 4 is 14.2 Å². The highest BCUT2D eigenvalue weighted by Crippen LogP contribution is 2.09. The molecule has 1 aliphatic rings. The molecular weight excluding hydrogens is 158 g/mol. The van der Waals surface area contributed by atoms with Crippen LogP contribution in [0, 0.1) is 0 Å². The van der Waals surface area contributed by atoms with Crippen LogP contribution in [0.5, 0.6) is 0 Å². The lowest BCUT2D eigenvalue weighted by molar-refractivity contribution is 0.161. The predicted molar refractivity (Wildman–Crippen MR) is 46.3 cm³/mol. The Bertz CT molecular complexity index is 164. The van der Waals surface area contributed by atoms with E-state index in [1.807, 2.05) is 4.90 Å². The molecule has 0 aliphatic carbocycles. The molecule has 0 atom stereocenters. The molecule has 4 heteroatoms. The van der Waals surface area contributed by atoms with Crippen LogP contribution < -0.4 is 0 Å². The van der Waals surface area contributed by atoms with E-state index in [1.165, 1.54) is 0 Å². The van der Waals surface area contributed by atoms with Crippen molar-refractivity contribution in [2.24, 2.45) is 0 Å². The lowest BCUT2D eigenvalue weighted by Gasteiger charge is -2.22. The van der Waals surface area contributed by atoms with Crippen molar-refractivity contribution < 1.29 is 9.53 Å². The molecule has 0 aromatic carbocycles. The van der Waals surface area contributed by atoms with Gasteiger partial charge in [-0.25, -0.2) is 4.79 Å². The van der Waals surface area contributed by atoms with Crippen molar-refractivity contribution in [1.29, 1.82) is 0 Å². The molecule has 0 spiro atoms. The average molecular weight is 173 g/mol. The van der Waals surface area contributed by atoms with Crippen molar-refractivity contribution in [3.05, 3.63) is 0 Å². The van der Waals surface area contributed by atoms with Crippen LogP contribution in [0.3, 0.4) is 0 Å². The van der Waals surface area contributed by atoms with E-state index in [1.54, 1.807) is 0 Å². The SMILES string of the molecule is C[Si](C)(C)CN1CCOC1=O. The maximum Gasteiger partial charge on any atom is 0.409 e. The number of cyclic esters (lactones) is 1. The van der Waals surface area contributed by atoms with Gasteiger partial charge in [0.25, 0.3) is 0 Å². The molecule has 0 unspecified atom stereocenters. The summed E-state index contributed by atoms with van der Waals surface area (Å²) in [4.78, 5) is 12.8. The third-order valence-corrected chi connectivity index (χ3v) is 2.84. The van der Waals surface area contributed by atoms with Crippen LogP contribution in [-0.4, -0.2) is 38.4 Å². The Kier molecular flexibility index (Phi) is 2.22. The second-order valence-electron chi connectivity index (χ2n) is 4.10. The Morgan fingerprint density at radius 3 is 2.55 bits per heavy atom. The maximum atomic E-state index is 11.0. The molecule has 11 heavy (non-hydrogen) atoms. The van der Waals surface area contributed by atoms with Gasteiger partial charge in [-0.1, -0.05) is 19.6 Å². The summed E-state index contributed by atoms with van der Waals surface area (Å²) in [5, 5.41) is 0. The Morgan fingerprint density at radius 2 is 2.18 bits per heavy atom. The highest BCUT2D eigenvalue weighted by molar-refractivity contribution is 6.76. The van der Waals surface area contributed by atoms with E-state index in [-0.39, 0.29) is 6.09 Å². The molecule has 3 nitrogen and oxygen atoms in total. The molecule has 0 aromatic heterocycles. The van der Waals surface area contributed by atoms with Gasteiger partial charge in [-0.2, -0.15) is 0 Å². The smallest absolute Gasteiger partial charge is 0.409 e. The van der Waals surface area contributed by atoms with Crippen LogP contribution in [0.1, 0.15) is 0 Å². The van der Waals surface area contributed by atoms with Crippen molar-refractivity contribution in [2.75, 3.05) is 19.3 Å². The Morgan fingerprint density at radius 1 is 1.55 bits per heavy atom. The lowest BCUT2D eigenvalue weighted by atomic mass is 10.7. The summed E-state index contributed by atoms with van der Waals surface area (Å²) in [5.41, 5.74) is 0. The van der Waals surface area contributed by atoms with E-state index in [0.717, 1.165) is 12.7 Å². The molecule has 0 radical (unpaired) electrons. The zero-order chi connectivity index (χ0) is 8.48. The fourth-order valence-electron chi connectivity index (χ4n) is 1.14. The number of amides is 1. The monoisotopic (exact) mass is 173 g/mol. The van der Waals surface area contributed by atoms with Crippen LogP contribution in [0.2, 0.25) is 19.6 Å². The predicted octanol–water partition coefficient (Wildman–Crippen LogP) is 1.32. The summed E-state index contributed by atoms with van der Waals surface area (Å²) in [6.07, 6.45) is 0.790. The minimum atomic E-state index is -1.14. The number of carbonyl (C=O) groups excluding carboxylic acids is 1. The van der Waals surface area contributed by atoms with E-state index < -0.39 is 8.07 Å². The summed E-state index contributed by atoms with van der Waals surface area (Å²) < 4.78 is 4.82. The normalized spacial score (nSPS) is 18.8. The fraction of sp³-hybridized carbons (Fsp3) is 0.857. The fourth-order valence-corrected chi connectivity index (χ4v) is 2.57. The molecule has 1 amide bonds. The maximum absolute atomic E-state index is 11.0. The van der Waals surface area contributed by atoms with E-state index in [2.05, 4.69) is 19.6 Å². The van der Waals surface area contributed by atoms with Gasteiger partial charge in [-0.3, -0.25) is 0 Å². The third kappa shape index (κ3) is 2.53. The molecular formula is C7H15NO2Si. The third-order valence-electron chi connectivity index (χ3n) is 1.51. The second-order valence-corrected chi connectivity index (χ2v) is 9.53. The van der Waals surface area contributed by atoms with Gasteiger partial charge in [0.15, 0.2) is 0 Å². The summed E-state index contributed by atoms with van der Waals surface area (Å²) in [6, 6.07) is 0. The van der Waals surface area contributed by atoms with Gasteiger partial charge in [-0.15, -0.1) is 0 Å². The molecule has 1 fully saturated rings. The average Bonchev–Trinajstić information content (AvgIpc) is 2.12. The molecule has 1 saturated heterocycles. The van der Waals surface area contributed by atoms with Crippen LogP contribution in [-0.2, 0) is 4.74 Å². The number of rotatable bonds is 2. The van der Waals surface area contributed by atoms with Gasteiger partial charge in [0, 0.05) is 6.17 Å². The Labute approximate surface area is 68.3 Å². The first-order chi connectivity index (χ1) is 4.99. The number of hydrogen-bond acceptors (Lipinski definition) is 2. The molecule has 0 N–H and O–H groups in total. The first kappa shape index (κ1) is 8.58. The highest BCUT2D eigenvalue weighted by Gasteiger charge is 2.27. The van der Waals surface area contributed by atoms with Crippen molar-refractivity contribution in [3.63, 3.8) is 0 Å². The standard InChI is InChI=1S/C7H15NO2Si/c1-11(2,3)6-8-4-5-10-7(8)9/h4-6H2,1-3H3. The minimum Gasteiger partial charge on any atom is -0.448 e. The van der Waals surface area contributed by atoms with Crippen molar-refractivity contribution in [2.45, 2.75) is 19.6 Å². The number of ether oxygens (including phenoxy) is 1. The number of nitrogens with zero attached hydrogens (tertiary/aromatic N) is 1. The quantitative estimate of drug-likeness (QED) is 0.589. The molecule has 1 heterocycles. The van der Waals surface area contributed by atoms with Gasteiger partial charge in [0.05, 0.1) is 14.6 Å². The van der Waals surface area contributed by atoms with Gasteiger partial charge in [-0.05, 0) is 0 Å². The largest absolute Gasteiger partial charge is 0.448 e. The highest BCUT2D eigenvalue weighted by atomic mass is 28.3. The first-order valence-corrected chi connectivity index (χ1v) is 7.61. The summed E-state index contributed by atoms with van der Waals surface area (Å²) >= 11 is 0. The van der Waals surface area contributed by atoms with Crippen molar-refractivity contribution in [3.8, 4) is 0 Å². The molecule has 0 bridgehead atoms.